The Morgan fingerprint density at radius 2 is 2.25 bits per heavy atom. The predicted octanol–water partition coefficient (Wildman–Crippen LogP) is 1.28. The molecule has 0 saturated carbocycles. The fourth-order valence-corrected chi connectivity index (χ4v) is 1.47. The number of carbonyl (C=O) groups is 2. The number of aromatic nitrogens is 2. The Balaban J connectivity index is 2.69. The molecule has 0 aliphatic rings. The number of rotatable bonds is 5. The van der Waals surface area contributed by atoms with Crippen LogP contribution in [0.3, 0.4) is 0 Å². The van der Waals surface area contributed by atoms with Crippen LogP contribution in [0, 0.1) is 5.92 Å². The molecular weight excluding hydrogens is 208 g/mol. The molecule has 5 nitrogen and oxygen atoms in total. The zero-order valence-corrected chi connectivity index (χ0v) is 9.77. The van der Waals surface area contributed by atoms with E-state index in [4.69, 9.17) is 0 Å². The Morgan fingerprint density at radius 1 is 1.56 bits per heavy atom. The van der Waals surface area contributed by atoms with Gasteiger partial charge in [-0.05, 0) is 6.92 Å². The van der Waals surface area contributed by atoms with E-state index in [1.807, 2.05) is 6.92 Å². The minimum Gasteiger partial charge on any atom is -0.469 e. The van der Waals surface area contributed by atoms with Crippen molar-refractivity contribution in [2.24, 2.45) is 5.92 Å². The molecule has 1 rings (SSSR count). The number of methoxy groups -OCH3 is 1. The number of carbonyl (C=O) groups excluding carboxylic acids is 2. The predicted molar refractivity (Wildman–Crippen MR) is 58.0 cm³/mol. The molecule has 0 bridgehead atoms. The van der Waals surface area contributed by atoms with Crippen molar-refractivity contribution in [2.75, 3.05) is 7.11 Å². The monoisotopic (exact) mass is 224 g/mol. The smallest absolute Gasteiger partial charge is 0.308 e. The number of imidazole rings is 1. The number of Topliss-reactive ketones (excluding diaryl/α,β-unsaturated/α-hetero) is 1. The Labute approximate surface area is 94.4 Å². The van der Waals surface area contributed by atoms with Crippen LogP contribution in [0.1, 0.15) is 30.8 Å². The maximum absolute atomic E-state index is 11.8. The quantitative estimate of drug-likeness (QED) is 0.558. The van der Waals surface area contributed by atoms with Gasteiger partial charge in [0, 0.05) is 13.0 Å². The van der Waals surface area contributed by atoms with Crippen LogP contribution in [-0.4, -0.2) is 28.4 Å². The summed E-state index contributed by atoms with van der Waals surface area (Å²) in [6.45, 7) is 4.30. The largest absolute Gasteiger partial charge is 0.469 e. The number of nitrogens with zero attached hydrogens (tertiary/aromatic N) is 2. The van der Waals surface area contributed by atoms with E-state index in [2.05, 4.69) is 9.72 Å². The number of ketones is 1. The highest BCUT2D eigenvalue weighted by Crippen LogP contribution is 2.11. The zero-order valence-electron chi connectivity index (χ0n) is 9.77. The molecule has 0 radical (unpaired) electrons. The van der Waals surface area contributed by atoms with Gasteiger partial charge in [0.25, 0.3) is 0 Å². The lowest BCUT2D eigenvalue weighted by atomic mass is 10.0. The number of hydrogen-bond acceptors (Lipinski definition) is 4. The Kier molecular flexibility index (Phi) is 4.22. The molecule has 0 aromatic carbocycles. The molecular formula is C11H16N2O3. The second-order valence-electron chi connectivity index (χ2n) is 3.62. The third kappa shape index (κ3) is 2.68. The molecule has 1 heterocycles. The maximum Gasteiger partial charge on any atom is 0.308 e. The Hall–Kier alpha value is -1.65. The summed E-state index contributed by atoms with van der Waals surface area (Å²) in [6, 6.07) is 0. The van der Waals surface area contributed by atoms with Crippen molar-refractivity contribution in [3.05, 3.63) is 18.2 Å². The van der Waals surface area contributed by atoms with E-state index in [0.29, 0.717) is 12.2 Å². The Bertz CT molecular complexity index is 384. The molecule has 5 heteroatoms. The maximum atomic E-state index is 11.8. The van der Waals surface area contributed by atoms with Crippen LogP contribution in [-0.2, 0) is 16.1 Å². The number of hydrogen-bond donors (Lipinski definition) is 0. The van der Waals surface area contributed by atoms with E-state index < -0.39 is 5.92 Å². The fourth-order valence-electron chi connectivity index (χ4n) is 1.47. The second kappa shape index (κ2) is 5.44. The zero-order chi connectivity index (χ0) is 12.1. The van der Waals surface area contributed by atoms with Crippen molar-refractivity contribution in [3.8, 4) is 0 Å². The van der Waals surface area contributed by atoms with Gasteiger partial charge >= 0.3 is 5.97 Å². The molecule has 0 spiro atoms. The van der Waals surface area contributed by atoms with Crippen molar-refractivity contribution in [1.29, 1.82) is 0 Å². The summed E-state index contributed by atoms with van der Waals surface area (Å²) in [6.07, 6.45) is 3.28. The van der Waals surface area contributed by atoms with E-state index in [0.717, 1.165) is 0 Å². The molecule has 0 amide bonds. The molecule has 1 atom stereocenters. The van der Waals surface area contributed by atoms with E-state index in [9.17, 15) is 9.59 Å². The highest BCUT2D eigenvalue weighted by Gasteiger charge is 2.20. The summed E-state index contributed by atoms with van der Waals surface area (Å²) in [5.41, 5.74) is 0.540. The van der Waals surface area contributed by atoms with E-state index in [1.165, 1.54) is 13.3 Å². The van der Waals surface area contributed by atoms with Gasteiger partial charge in [0.1, 0.15) is 5.69 Å². The van der Waals surface area contributed by atoms with Crippen molar-refractivity contribution in [1.82, 2.24) is 9.55 Å². The van der Waals surface area contributed by atoms with Crippen LogP contribution in [0.15, 0.2) is 12.5 Å². The molecule has 0 aliphatic heterocycles. The van der Waals surface area contributed by atoms with Crippen molar-refractivity contribution in [3.63, 3.8) is 0 Å². The van der Waals surface area contributed by atoms with Gasteiger partial charge in [-0.2, -0.15) is 0 Å². The van der Waals surface area contributed by atoms with Crippen LogP contribution < -0.4 is 0 Å². The molecule has 0 fully saturated rings. The van der Waals surface area contributed by atoms with E-state index >= 15 is 0 Å². The van der Waals surface area contributed by atoms with Gasteiger partial charge in [-0.1, -0.05) is 6.92 Å². The third-order valence-electron chi connectivity index (χ3n) is 2.43. The van der Waals surface area contributed by atoms with Crippen molar-refractivity contribution < 1.29 is 14.3 Å². The first-order chi connectivity index (χ1) is 7.60. The fraction of sp³-hybridized carbons (Fsp3) is 0.545. The van der Waals surface area contributed by atoms with Gasteiger partial charge in [-0.3, -0.25) is 9.59 Å². The van der Waals surface area contributed by atoms with Gasteiger partial charge in [0.05, 0.1) is 25.6 Å². The summed E-state index contributed by atoms with van der Waals surface area (Å²) in [5.74, 6) is -0.870. The first-order valence-corrected chi connectivity index (χ1v) is 5.21. The van der Waals surface area contributed by atoms with Gasteiger partial charge in [0.15, 0.2) is 5.78 Å². The first-order valence-electron chi connectivity index (χ1n) is 5.21. The molecule has 0 saturated heterocycles. The second-order valence-corrected chi connectivity index (χ2v) is 3.62. The summed E-state index contributed by atoms with van der Waals surface area (Å²) in [7, 11) is 1.32. The molecule has 0 N–H and O–H groups in total. The first kappa shape index (κ1) is 12.4. The normalized spacial score (nSPS) is 12.2. The lowest BCUT2D eigenvalue weighted by Gasteiger charge is -2.08. The van der Waals surface area contributed by atoms with Crippen LogP contribution in [0.5, 0.6) is 0 Å². The van der Waals surface area contributed by atoms with Gasteiger partial charge in [0.2, 0.25) is 0 Å². The summed E-state index contributed by atoms with van der Waals surface area (Å²) in [4.78, 5) is 26.9. The van der Waals surface area contributed by atoms with Crippen molar-refractivity contribution in [2.45, 2.75) is 26.8 Å². The summed E-state index contributed by atoms with van der Waals surface area (Å²) < 4.78 is 6.33. The van der Waals surface area contributed by atoms with Gasteiger partial charge in [-0.25, -0.2) is 4.98 Å². The molecule has 0 aliphatic carbocycles. The molecule has 1 aromatic rings. The number of aryl methyl sites for hydroxylation is 1. The lowest BCUT2D eigenvalue weighted by molar-refractivity contribution is -0.144. The minimum atomic E-state index is -0.419. The van der Waals surface area contributed by atoms with Gasteiger partial charge < -0.3 is 9.30 Å². The summed E-state index contributed by atoms with van der Waals surface area (Å²) in [5, 5.41) is 0. The molecule has 1 unspecified atom stereocenters. The van der Waals surface area contributed by atoms with Crippen LogP contribution in [0.25, 0.3) is 0 Å². The average molecular weight is 224 g/mol. The highest BCUT2D eigenvalue weighted by atomic mass is 16.5. The highest BCUT2D eigenvalue weighted by molar-refractivity contribution is 5.96. The summed E-state index contributed by atoms with van der Waals surface area (Å²) >= 11 is 0. The van der Waals surface area contributed by atoms with Gasteiger partial charge in [-0.15, -0.1) is 0 Å². The number of ether oxygens (including phenoxy) is 1. The molecule has 16 heavy (non-hydrogen) atoms. The molecule has 1 aromatic heterocycles. The minimum absolute atomic E-state index is 0.0859. The average Bonchev–Trinajstić information content (AvgIpc) is 2.75. The molecule has 88 valence electrons. The van der Waals surface area contributed by atoms with Crippen LogP contribution >= 0.6 is 0 Å². The SMILES string of the molecule is CCn1cncc1C(=O)CC(C)C(=O)OC. The lowest BCUT2D eigenvalue weighted by Crippen LogP contribution is -2.18. The van der Waals surface area contributed by atoms with E-state index in [-0.39, 0.29) is 18.2 Å². The Morgan fingerprint density at radius 3 is 2.81 bits per heavy atom. The topological polar surface area (TPSA) is 61.2 Å². The third-order valence-corrected chi connectivity index (χ3v) is 2.43. The van der Waals surface area contributed by atoms with Crippen LogP contribution in [0.4, 0.5) is 0 Å². The number of esters is 1. The standard InChI is InChI=1S/C11H16N2O3/c1-4-13-7-12-6-9(13)10(14)5-8(2)11(15)16-3/h6-8H,4-5H2,1-3H3. The van der Waals surface area contributed by atoms with Crippen molar-refractivity contribution >= 4 is 11.8 Å². The van der Waals surface area contributed by atoms with Crippen LogP contribution in [0.2, 0.25) is 0 Å². The van der Waals surface area contributed by atoms with E-state index in [1.54, 1.807) is 17.8 Å².